The van der Waals surface area contributed by atoms with Crippen LogP contribution in [-0.4, -0.2) is 24.6 Å². The van der Waals surface area contributed by atoms with Crippen LogP contribution in [0.1, 0.15) is 101 Å². The van der Waals surface area contributed by atoms with E-state index >= 15 is 0 Å². The van der Waals surface area contributed by atoms with E-state index in [0.717, 1.165) is 51.3 Å². The Hall–Kier alpha value is -2.32. The quantitative estimate of drug-likeness (QED) is 0.366. The van der Waals surface area contributed by atoms with Gasteiger partial charge in [0.2, 0.25) is 0 Å². The van der Waals surface area contributed by atoms with Crippen LogP contribution in [0.25, 0.3) is 11.6 Å². The van der Waals surface area contributed by atoms with Gasteiger partial charge in [0.15, 0.2) is 0 Å². The van der Waals surface area contributed by atoms with Crippen molar-refractivity contribution in [2.24, 2.45) is 5.41 Å². The lowest BCUT2D eigenvalue weighted by Crippen LogP contribution is -2.40. The topological polar surface area (TPSA) is 12.5 Å². The minimum Gasteiger partial charge on any atom is -0.493 e. The van der Waals surface area contributed by atoms with Crippen LogP contribution in [0.2, 0.25) is 0 Å². The highest BCUT2D eigenvalue weighted by molar-refractivity contribution is 5.78. The summed E-state index contributed by atoms with van der Waals surface area (Å²) in [4.78, 5) is 2.61. The summed E-state index contributed by atoms with van der Waals surface area (Å²) >= 11 is 0. The number of fused-ring (bicyclic) bond motifs is 1. The number of hydrogen-bond acceptors (Lipinski definition) is 2. The van der Waals surface area contributed by atoms with Crippen molar-refractivity contribution in [2.75, 3.05) is 19.7 Å². The smallest absolute Gasteiger partial charge is 0.127 e. The number of allylic oxidation sites excluding steroid dienone is 2. The highest BCUT2D eigenvalue weighted by Gasteiger charge is 2.37. The number of likely N-dealkylation sites (tertiary alicyclic amines) is 1. The van der Waals surface area contributed by atoms with Gasteiger partial charge in [0.05, 0.1) is 6.61 Å². The van der Waals surface area contributed by atoms with E-state index in [1.54, 1.807) is 0 Å². The van der Waals surface area contributed by atoms with Crippen LogP contribution < -0.4 is 4.74 Å². The summed E-state index contributed by atoms with van der Waals surface area (Å²) in [6, 6.07) is 13.3. The Kier molecular flexibility index (Phi) is 12.5. The standard InChI is InChI=1S/C30H39NO.2C2H6/c1-5-7-8-12-25-13-9-11-23(3)28(25)24(4)30(6-2)17-19-31(20-18-30)22-27-15-10-14-26-16-21-32-29(26)27;2*1-2/h8-15H,4-7,16-22H2,1-3H3;2*1-2H3/b12-8+;;. The predicted octanol–water partition coefficient (Wildman–Crippen LogP) is 9.50. The summed E-state index contributed by atoms with van der Waals surface area (Å²) in [7, 11) is 0. The van der Waals surface area contributed by atoms with E-state index in [0.29, 0.717) is 0 Å². The minimum atomic E-state index is 0.186. The molecule has 0 unspecified atom stereocenters. The third-order valence-electron chi connectivity index (χ3n) is 7.68. The Bertz CT molecular complexity index is 979. The fourth-order valence-corrected chi connectivity index (χ4v) is 5.54. The molecule has 198 valence electrons. The van der Waals surface area contributed by atoms with Gasteiger partial charge in [-0.25, -0.2) is 0 Å². The van der Waals surface area contributed by atoms with E-state index in [9.17, 15) is 0 Å². The normalized spacial score (nSPS) is 16.3. The summed E-state index contributed by atoms with van der Waals surface area (Å²) in [6.07, 6.45) is 11.5. The van der Waals surface area contributed by atoms with Crippen molar-refractivity contribution >= 4 is 11.6 Å². The number of aryl methyl sites for hydroxylation is 1. The van der Waals surface area contributed by atoms with Crippen molar-refractivity contribution in [3.05, 3.63) is 76.9 Å². The first kappa shape index (κ1) is 29.9. The third-order valence-corrected chi connectivity index (χ3v) is 7.68. The van der Waals surface area contributed by atoms with E-state index in [1.807, 2.05) is 27.7 Å². The second kappa shape index (κ2) is 15.1. The molecule has 2 aliphatic heterocycles. The summed E-state index contributed by atoms with van der Waals surface area (Å²) in [5, 5.41) is 0. The number of para-hydroxylation sites is 1. The van der Waals surface area contributed by atoms with Crippen molar-refractivity contribution in [3.63, 3.8) is 0 Å². The second-order valence-electron chi connectivity index (χ2n) is 9.62. The maximum absolute atomic E-state index is 5.95. The van der Waals surface area contributed by atoms with Gasteiger partial charge in [0.25, 0.3) is 0 Å². The van der Waals surface area contributed by atoms with Crippen LogP contribution in [0, 0.1) is 12.3 Å². The van der Waals surface area contributed by atoms with E-state index in [2.05, 4.69) is 74.2 Å². The average molecular weight is 490 g/mol. The number of hydrogen-bond donors (Lipinski definition) is 0. The molecule has 2 heterocycles. The molecule has 0 N–H and O–H groups in total. The molecule has 0 saturated carbocycles. The molecule has 0 amide bonds. The second-order valence-corrected chi connectivity index (χ2v) is 9.62. The number of nitrogens with zero attached hydrogens (tertiary/aromatic N) is 1. The van der Waals surface area contributed by atoms with Gasteiger partial charge in [-0.2, -0.15) is 0 Å². The lowest BCUT2D eigenvalue weighted by molar-refractivity contribution is 0.136. The van der Waals surface area contributed by atoms with Crippen LogP contribution in [0.5, 0.6) is 5.75 Å². The molecule has 0 bridgehead atoms. The highest BCUT2D eigenvalue weighted by Crippen LogP contribution is 2.47. The number of unbranched alkanes of at least 4 members (excludes halogenated alkanes) is 1. The number of rotatable bonds is 8. The Labute approximate surface area is 222 Å². The molecule has 2 aromatic rings. The van der Waals surface area contributed by atoms with Crippen molar-refractivity contribution in [3.8, 4) is 5.75 Å². The molecule has 0 radical (unpaired) electrons. The molecule has 1 fully saturated rings. The van der Waals surface area contributed by atoms with Gasteiger partial charge in [-0.3, -0.25) is 4.90 Å². The van der Waals surface area contributed by atoms with Gasteiger partial charge in [-0.05, 0) is 78.9 Å². The fourth-order valence-electron chi connectivity index (χ4n) is 5.54. The molecular weight excluding hydrogens is 438 g/mol. The highest BCUT2D eigenvalue weighted by atomic mass is 16.5. The van der Waals surface area contributed by atoms with Gasteiger partial charge in [0.1, 0.15) is 5.75 Å². The molecule has 1 saturated heterocycles. The molecule has 0 spiro atoms. The molecule has 2 aliphatic rings. The number of ether oxygens (including phenoxy) is 1. The summed E-state index contributed by atoms with van der Waals surface area (Å²) in [5.74, 6) is 1.15. The molecule has 4 rings (SSSR count). The summed E-state index contributed by atoms with van der Waals surface area (Å²) in [6.45, 7) is 23.6. The van der Waals surface area contributed by atoms with Crippen molar-refractivity contribution in [1.82, 2.24) is 4.90 Å². The van der Waals surface area contributed by atoms with E-state index < -0.39 is 0 Å². The minimum absolute atomic E-state index is 0.186. The molecule has 0 atom stereocenters. The van der Waals surface area contributed by atoms with E-state index in [1.165, 1.54) is 52.7 Å². The van der Waals surface area contributed by atoms with Gasteiger partial charge < -0.3 is 4.74 Å². The molecular formula is C34H51NO. The molecule has 2 aromatic carbocycles. The van der Waals surface area contributed by atoms with Crippen LogP contribution in [0.3, 0.4) is 0 Å². The summed E-state index contributed by atoms with van der Waals surface area (Å²) < 4.78 is 5.95. The van der Waals surface area contributed by atoms with Crippen molar-refractivity contribution < 1.29 is 4.74 Å². The zero-order valence-corrected chi connectivity index (χ0v) is 24.3. The maximum Gasteiger partial charge on any atom is 0.127 e. The van der Waals surface area contributed by atoms with Crippen molar-refractivity contribution in [1.29, 1.82) is 0 Å². The lowest BCUT2D eigenvalue weighted by Gasteiger charge is -2.43. The maximum atomic E-state index is 5.95. The van der Waals surface area contributed by atoms with E-state index in [-0.39, 0.29) is 5.41 Å². The monoisotopic (exact) mass is 489 g/mol. The fraction of sp³-hybridized carbons (Fsp3) is 0.529. The van der Waals surface area contributed by atoms with Gasteiger partial charge in [-0.1, -0.05) is 103 Å². The van der Waals surface area contributed by atoms with Crippen LogP contribution in [0.4, 0.5) is 0 Å². The zero-order chi connectivity index (χ0) is 26.6. The first-order chi connectivity index (χ1) is 17.6. The molecule has 0 aromatic heterocycles. The Morgan fingerprint density at radius 1 is 1.03 bits per heavy atom. The van der Waals surface area contributed by atoms with Gasteiger partial charge in [-0.15, -0.1) is 0 Å². The van der Waals surface area contributed by atoms with Crippen LogP contribution in [-0.2, 0) is 13.0 Å². The molecule has 36 heavy (non-hydrogen) atoms. The average Bonchev–Trinajstić information content (AvgIpc) is 3.42. The summed E-state index contributed by atoms with van der Waals surface area (Å²) in [5.41, 5.74) is 8.31. The van der Waals surface area contributed by atoms with Gasteiger partial charge >= 0.3 is 0 Å². The number of piperidine rings is 1. The SMILES string of the molecule is C=C(c1c(C)cccc1/C=C/CCC)C1(CC)CCN(Cc2cccc3c2OCC3)CC1.CC.CC. The Morgan fingerprint density at radius 2 is 1.72 bits per heavy atom. The molecule has 2 nitrogen and oxygen atoms in total. The van der Waals surface area contributed by atoms with Gasteiger partial charge in [0, 0.05) is 18.5 Å². The molecule has 2 heteroatoms. The van der Waals surface area contributed by atoms with Crippen LogP contribution in [0.15, 0.2) is 49.1 Å². The van der Waals surface area contributed by atoms with E-state index in [4.69, 9.17) is 11.3 Å². The third kappa shape index (κ3) is 6.91. The first-order valence-electron chi connectivity index (χ1n) is 14.5. The largest absolute Gasteiger partial charge is 0.493 e. The lowest BCUT2D eigenvalue weighted by atomic mass is 9.67. The van der Waals surface area contributed by atoms with Crippen molar-refractivity contribution in [2.45, 2.75) is 93.5 Å². The first-order valence-corrected chi connectivity index (χ1v) is 14.5. The predicted molar refractivity (Wildman–Crippen MR) is 160 cm³/mol. The van der Waals surface area contributed by atoms with Crippen LogP contribution >= 0.6 is 0 Å². The zero-order valence-electron chi connectivity index (χ0n) is 24.3. The number of benzene rings is 2. The Balaban J connectivity index is 0.00000109. The molecule has 0 aliphatic carbocycles. The Morgan fingerprint density at radius 3 is 2.39 bits per heavy atom.